The zero-order valence-electron chi connectivity index (χ0n) is 34.5. The van der Waals surface area contributed by atoms with Crippen LogP contribution < -0.4 is 0 Å². The minimum Gasteiger partial charge on any atom is -0.309 e. The van der Waals surface area contributed by atoms with Gasteiger partial charge in [-0.25, -0.2) is 15.0 Å². The number of fused-ring (bicyclic) bond motifs is 6. The van der Waals surface area contributed by atoms with Crippen LogP contribution in [0.1, 0.15) is 5.56 Å². The number of nitrogens with zero attached hydrogens (tertiary/aromatic N) is 5. The SMILES string of the molecule is Cc1cccc(-c2nc(-c3ccc(-c4ccccc4)cc3)nc(-c3cc(-n4c5ccccc5c5ccc(-n6c7ccccc7c7ccccc76)cc54)ccc3-c3ccccc3)n2)c1. The largest absolute Gasteiger partial charge is 0.309 e. The molecule has 12 rings (SSSR count). The minimum atomic E-state index is 0.607. The maximum absolute atomic E-state index is 5.33. The summed E-state index contributed by atoms with van der Waals surface area (Å²) >= 11 is 0. The first-order valence-electron chi connectivity index (χ1n) is 21.4. The second-order valence-corrected chi connectivity index (χ2v) is 16.1. The first-order valence-corrected chi connectivity index (χ1v) is 21.4. The molecule has 9 aromatic carbocycles. The number of aromatic nitrogens is 5. The van der Waals surface area contributed by atoms with Crippen LogP contribution in [-0.4, -0.2) is 24.1 Å². The lowest BCUT2D eigenvalue weighted by atomic mass is 9.98. The van der Waals surface area contributed by atoms with Crippen LogP contribution in [-0.2, 0) is 0 Å². The zero-order valence-corrected chi connectivity index (χ0v) is 34.5. The van der Waals surface area contributed by atoms with E-state index in [-0.39, 0.29) is 0 Å². The third-order valence-electron chi connectivity index (χ3n) is 12.2. The van der Waals surface area contributed by atoms with Gasteiger partial charge in [0, 0.05) is 49.6 Å². The molecule has 296 valence electrons. The number of aryl methyl sites for hydroxylation is 1. The molecule has 0 bridgehead atoms. The van der Waals surface area contributed by atoms with Crippen molar-refractivity contribution in [2.45, 2.75) is 6.92 Å². The summed E-state index contributed by atoms with van der Waals surface area (Å²) in [6.07, 6.45) is 0. The van der Waals surface area contributed by atoms with Crippen molar-refractivity contribution in [3.05, 3.63) is 224 Å². The molecule has 0 atom stereocenters. The van der Waals surface area contributed by atoms with Gasteiger partial charge in [-0.2, -0.15) is 0 Å². The Morgan fingerprint density at radius 2 is 0.746 bits per heavy atom. The Balaban J connectivity index is 1.09. The molecule has 0 amide bonds. The highest BCUT2D eigenvalue weighted by Gasteiger charge is 2.20. The molecule has 0 aliphatic heterocycles. The smallest absolute Gasteiger partial charge is 0.164 e. The highest BCUT2D eigenvalue weighted by molar-refractivity contribution is 6.12. The number of benzene rings is 9. The van der Waals surface area contributed by atoms with Gasteiger partial charge >= 0.3 is 0 Å². The van der Waals surface area contributed by atoms with Crippen LogP contribution >= 0.6 is 0 Å². The average Bonchev–Trinajstić information content (AvgIpc) is 3.87. The quantitative estimate of drug-likeness (QED) is 0.161. The monoisotopic (exact) mass is 805 g/mol. The highest BCUT2D eigenvalue weighted by Crippen LogP contribution is 2.40. The van der Waals surface area contributed by atoms with Crippen molar-refractivity contribution in [1.82, 2.24) is 24.1 Å². The number of para-hydroxylation sites is 3. The molecule has 0 saturated heterocycles. The molecule has 5 heteroatoms. The molecule has 0 unspecified atom stereocenters. The van der Waals surface area contributed by atoms with Crippen LogP contribution in [0.5, 0.6) is 0 Å². The van der Waals surface area contributed by atoms with Crippen molar-refractivity contribution in [2.75, 3.05) is 0 Å². The lowest BCUT2D eigenvalue weighted by molar-refractivity contribution is 1.07. The van der Waals surface area contributed by atoms with Crippen molar-refractivity contribution in [2.24, 2.45) is 0 Å². The molecule has 0 aliphatic carbocycles. The molecule has 63 heavy (non-hydrogen) atoms. The van der Waals surface area contributed by atoms with Gasteiger partial charge in [-0.15, -0.1) is 0 Å². The van der Waals surface area contributed by atoms with Crippen LogP contribution in [0, 0.1) is 6.92 Å². The summed E-state index contributed by atoms with van der Waals surface area (Å²) < 4.78 is 4.79. The van der Waals surface area contributed by atoms with Crippen LogP contribution in [0.25, 0.3) is 111 Å². The lowest BCUT2D eigenvalue weighted by Crippen LogP contribution is -2.03. The van der Waals surface area contributed by atoms with E-state index in [1.807, 2.05) is 6.07 Å². The third kappa shape index (κ3) is 6.29. The topological polar surface area (TPSA) is 48.5 Å². The van der Waals surface area contributed by atoms with E-state index in [0.29, 0.717) is 17.5 Å². The molecule has 5 nitrogen and oxygen atoms in total. The number of hydrogen-bond acceptors (Lipinski definition) is 3. The van der Waals surface area contributed by atoms with Crippen molar-refractivity contribution < 1.29 is 0 Å². The van der Waals surface area contributed by atoms with E-state index in [1.54, 1.807) is 0 Å². The van der Waals surface area contributed by atoms with E-state index in [4.69, 9.17) is 15.0 Å². The Morgan fingerprint density at radius 1 is 0.286 bits per heavy atom. The first-order chi connectivity index (χ1) is 31.1. The molecular weight excluding hydrogens is 767 g/mol. The minimum absolute atomic E-state index is 0.607. The van der Waals surface area contributed by atoms with Gasteiger partial charge in [0.25, 0.3) is 0 Å². The molecule has 12 aromatic rings. The van der Waals surface area contributed by atoms with Crippen molar-refractivity contribution >= 4 is 43.6 Å². The fraction of sp³-hybridized carbons (Fsp3) is 0.0172. The Hall–Kier alpha value is -8.41. The fourth-order valence-electron chi connectivity index (χ4n) is 9.28. The number of hydrogen-bond donors (Lipinski definition) is 0. The number of rotatable bonds is 7. The molecule has 0 fully saturated rings. The summed E-state index contributed by atoms with van der Waals surface area (Å²) in [5.74, 6) is 1.85. The molecule has 0 aliphatic rings. The van der Waals surface area contributed by atoms with E-state index < -0.39 is 0 Å². The third-order valence-corrected chi connectivity index (χ3v) is 12.2. The van der Waals surface area contributed by atoms with E-state index in [1.165, 1.54) is 32.6 Å². The Bertz CT molecular complexity index is 3620. The summed E-state index contributed by atoms with van der Waals surface area (Å²) in [6, 6.07) is 77.5. The maximum atomic E-state index is 5.33. The summed E-state index contributed by atoms with van der Waals surface area (Å²) in [5, 5.41) is 4.86. The van der Waals surface area contributed by atoms with E-state index in [2.05, 4.69) is 228 Å². The Morgan fingerprint density at radius 3 is 1.38 bits per heavy atom. The van der Waals surface area contributed by atoms with Crippen LogP contribution in [0.3, 0.4) is 0 Å². The van der Waals surface area contributed by atoms with Crippen LogP contribution in [0.15, 0.2) is 218 Å². The molecule has 3 heterocycles. The fourth-order valence-corrected chi connectivity index (χ4v) is 9.28. The van der Waals surface area contributed by atoms with Gasteiger partial charge in [-0.05, 0) is 77.7 Å². The second-order valence-electron chi connectivity index (χ2n) is 16.1. The lowest BCUT2D eigenvalue weighted by Gasteiger charge is -2.16. The zero-order chi connectivity index (χ0) is 41.9. The Kier molecular flexibility index (Phi) is 8.64. The van der Waals surface area contributed by atoms with Crippen molar-refractivity contribution in [3.8, 4) is 67.8 Å². The standard InChI is InChI=1S/C58H39N5/c1-38-15-14-20-43(35-38)57-59-56(42-29-27-40(28-30-42)39-16-4-2-5-17-39)60-58(61-57)51-36-44(31-33-46(51)41-18-6-3-7-19-41)63-54-26-13-10-23-49(54)50-34-32-45(37-55(50)63)62-52-24-11-8-21-47(52)48-22-9-12-25-53(48)62/h2-37H,1H3. The predicted octanol–water partition coefficient (Wildman–Crippen LogP) is 14.7. The van der Waals surface area contributed by atoms with E-state index in [0.717, 1.165) is 66.9 Å². The molecule has 0 radical (unpaired) electrons. The van der Waals surface area contributed by atoms with Crippen LogP contribution in [0.2, 0.25) is 0 Å². The van der Waals surface area contributed by atoms with Gasteiger partial charge < -0.3 is 9.13 Å². The van der Waals surface area contributed by atoms with Gasteiger partial charge in [0.15, 0.2) is 17.5 Å². The molecule has 0 saturated carbocycles. The second kappa shape index (κ2) is 14.9. The molecule has 3 aromatic heterocycles. The normalized spacial score (nSPS) is 11.6. The summed E-state index contributed by atoms with van der Waals surface area (Å²) in [7, 11) is 0. The average molecular weight is 806 g/mol. The van der Waals surface area contributed by atoms with Gasteiger partial charge in [-0.1, -0.05) is 175 Å². The van der Waals surface area contributed by atoms with Crippen LogP contribution in [0.4, 0.5) is 0 Å². The van der Waals surface area contributed by atoms with E-state index >= 15 is 0 Å². The van der Waals surface area contributed by atoms with Gasteiger partial charge in [-0.3, -0.25) is 0 Å². The summed E-state index contributed by atoms with van der Waals surface area (Å²) in [5.41, 5.74) is 15.1. The summed E-state index contributed by atoms with van der Waals surface area (Å²) in [6.45, 7) is 2.10. The maximum Gasteiger partial charge on any atom is 0.164 e. The van der Waals surface area contributed by atoms with Gasteiger partial charge in [0.2, 0.25) is 0 Å². The van der Waals surface area contributed by atoms with Gasteiger partial charge in [0.05, 0.1) is 22.1 Å². The molecular formula is C58H39N5. The van der Waals surface area contributed by atoms with Crippen molar-refractivity contribution in [1.29, 1.82) is 0 Å². The predicted molar refractivity (Wildman–Crippen MR) is 260 cm³/mol. The molecule has 0 N–H and O–H groups in total. The van der Waals surface area contributed by atoms with Gasteiger partial charge in [0.1, 0.15) is 0 Å². The molecule has 0 spiro atoms. The Labute approximate surface area is 364 Å². The summed E-state index contributed by atoms with van der Waals surface area (Å²) in [4.78, 5) is 15.8. The van der Waals surface area contributed by atoms with E-state index in [9.17, 15) is 0 Å². The van der Waals surface area contributed by atoms with Crippen molar-refractivity contribution in [3.63, 3.8) is 0 Å². The highest BCUT2D eigenvalue weighted by atomic mass is 15.0. The first kappa shape index (κ1) is 36.4.